The Bertz CT molecular complexity index is 925. The Morgan fingerprint density at radius 1 is 0.929 bits per heavy atom. The van der Waals surface area contributed by atoms with Crippen LogP contribution in [0.5, 0.6) is 11.5 Å². The van der Waals surface area contributed by atoms with Crippen molar-refractivity contribution in [2.24, 2.45) is 0 Å². The van der Waals surface area contributed by atoms with Crippen LogP contribution in [0, 0.1) is 0 Å². The molecule has 0 fully saturated rings. The standard InChI is InChI=1S/C20H19NO7/c1-11-17(28-16-7-5-4-6-15(16)27-11)18(22)21-14-10-12(19(23)25-2)8-9-13(14)20(24)26-3/h4-11,17H,1-3H3,(H,21,22). The van der Waals surface area contributed by atoms with E-state index in [4.69, 9.17) is 14.2 Å². The van der Waals surface area contributed by atoms with Crippen LogP contribution in [0.15, 0.2) is 42.5 Å². The van der Waals surface area contributed by atoms with Crippen LogP contribution in [0.2, 0.25) is 0 Å². The van der Waals surface area contributed by atoms with E-state index in [1.165, 1.54) is 32.4 Å². The lowest BCUT2D eigenvalue weighted by molar-refractivity contribution is -0.128. The summed E-state index contributed by atoms with van der Waals surface area (Å²) in [5.41, 5.74) is 0.368. The number of carbonyl (C=O) groups is 3. The Morgan fingerprint density at radius 2 is 1.57 bits per heavy atom. The van der Waals surface area contributed by atoms with Gasteiger partial charge in [0, 0.05) is 0 Å². The minimum Gasteiger partial charge on any atom is -0.482 e. The molecule has 2 unspecified atom stereocenters. The Morgan fingerprint density at radius 3 is 2.21 bits per heavy atom. The van der Waals surface area contributed by atoms with Gasteiger partial charge in [0.2, 0.25) is 6.10 Å². The first-order valence-corrected chi connectivity index (χ1v) is 8.48. The largest absolute Gasteiger partial charge is 0.482 e. The van der Waals surface area contributed by atoms with Gasteiger partial charge in [0.15, 0.2) is 11.5 Å². The molecule has 0 saturated heterocycles. The lowest BCUT2D eigenvalue weighted by Gasteiger charge is -2.31. The lowest BCUT2D eigenvalue weighted by atomic mass is 10.1. The lowest BCUT2D eigenvalue weighted by Crippen LogP contribution is -2.46. The van der Waals surface area contributed by atoms with Crippen molar-refractivity contribution in [1.82, 2.24) is 0 Å². The molecule has 0 aromatic heterocycles. The van der Waals surface area contributed by atoms with Crippen LogP contribution in [0.25, 0.3) is 0 Å². The maximum absolute atomic E-state index is 12.8. The van der Waals surface area contributed by atoms with Gasteiger partial charge < -0.3 is 24.3 Å². The fraction of sp³-hybridized carbons (Fsp3) is 0.250. The number of esters is 2. The van der Waals surface area contributed by atoms with Crippen LogP contribution >= 0.6 is 0 Å². The summed E-state index contributed by atoms with van der Waals surface area (Å²) in [5.74, 6) is -0.814. The number of hydrogen-bond donors (Lipinski definition) is 1. The summed E-state index contributed by atoms with van der Waals surface area (Å²) in [4.78, 5) is 36.6. The Labute approximate surface area is 161 Å². The van der Waals surface area contributed by atoms with E-state index in [2.05, 4.69) is 10.1 Å². The molecule has 8 heteroatoms. The molecule has 28 heavy (non-hydrogen) atoms. The molecule has 2 aromatic rings. The second-order valence-corrected chi connectivity index (χ2v) is 6.04. The van der Waals surface area contributed by atoms with Crippen LogP contribution in [0.1, 0.15) is 27.6 Å². The monoisotopic (exact) mass is 385 g/mol. The maximum Gasteiger partial charge on any atom is 0.339 e. The van der Waals surface area contributed by atoms with Gasteiger partial charge in [0.1, 0.15) is 6.10 Å². The Kier molecular flexibility index (Phi) is 5.49. The van der Waals surface area contributed by atoms with Crippen LogP contribution in [-0.2, 0) is 14.3 Å². The molecule has 0 radical (unpaired) electrons. The zero-order chi connectivity index (χ0) is 20.3. The summed E-state index contributed by atoms with van der Waals surface area (Å²) >= 11 is 0. The fourth-order valence-electron chi connectivity index (χ4n) is 2.79. The van der Waals surface area contributed by atoms with Gasteiger partial charge in [-0.25, -0.2) is 9.59 Å². The molecule has 2 atom stereocenters. The zero-order valence-corrected chi connectivity index (χ0v) is 15.6. The maximum atomic E-state index is 12.8. The van der Waals surface area contributed by atoms with E-state index in [1.807, 2.05) is 0 Å². The average molecular weight is 385 g/mol. The van der Waals surface area contributed by atoms with E-state index in [0.29, 0.717) is 11.5 Å². The number of amides is 1. The van der Waals surface area contributed by atoms with Crippen molar-refractivity contribution in [1.29, 1.82) is 0 Å². The zero-order valence-electron chi connectivity index (χ0n) is 15.6. The number of rotatable bonds is 4. The highest BCUT2D eigenvalue weighted by molar-refractivity contribution is 6.04. The number of methoxy groups -OCH3 is 2. The molecule has 0 spiro atoms. The predicted octanol–water partition coefficient (Wildman–Crippen LogP) is 2.43. The number of ether oxygens (including phenoxy) is 4. The van der Waals surface area contributed by atoms with E-state index in [1.54, 1.807) is 31.2 Å². The molecule has 1 aliphatic heterocycles. The molecule has 1 heterocycles. The predicted molar refractivity (Wildman–Crippen MR) is 98.7 cm³/mol. The highest BCUT2D eigenvalue weighted by Crippen LogP contribution is 2.34. The van der Waals surface area contributed by atoms with Crippen molar-refractivity contribution in [2.75, 3.05) is 19.5 Å². The minimum atomic E-state index is -0.956. The molecule has 0 bridgehead atoms. The number of nitrogens with one attached hydrogen (secondary N) is 1. The van der Waals surface area contributed by atoms with Gasteiger partial charge in [-0.05, 0) is 37.3 Å². The first kappa shape index (κ1) is 19.2. The van der Waals surface area contributed by atoms with Crippen LogP contribution in [0.3, 0.4) is 0 Å². The third-order valence-corrected chi connectivity index (χ3v) is 4.20. The normalized spacial score (nSPS) is 17.4. The van der Waals surface area contributed by atoms with Crippen molar-refractivity contribution >= 4 is 23.5 Å². The molecule has 1 aliphatic rings. The molecular formula is C20H19NO7. The van der Waals surface area contributed by atoms with Crippen molar-refractivity contribution < 1.29 is 33.3 Å². The van der Waals surface area contributed by atoms with Crippen molar-refractivity contribution in [3.05, 3.63) is 53.6 Å². The van der Waals surface area contributed by atoms with E-state index in [-0.39, 0.29) is 16.8 Å². The smallest absolute Gasteiger partial charge is 0.339 e. The summed E-state index contributed by atoms with van der Waals surface area (Å²) in [5, 5.41) is 2.62. The molecule has 3 rings (SSSR count). The molecule has 1 N–H and O–H groups in total. The van der Waals surface area contributed by atoms with E-state index < -0.39 is 30.1 Å². The van der Waals surface area contributed by atoms with Crippen LogP contribution < -0.4 is 14.8 Å². The second-order valence-electron chi connectivity index (χ2n) is 6.04. The number of carbonyl (C=O) groups excluding carboxylic acids is 3. The summed E-state index contributed by atoms with van der Waals surface area (Å²) in [7, 11) is 2.46. The van der Waals surface area contributed by atoms with Crippen molar-refractivity contribution in [3.63, 3.8) is 0 Å². The van der Waals surface area contributed by atoms with Gasteiger partial charge in [-0.15, -0.1) is 0 Å². The summed E-state index contributed by atoms with van der Waals surface area (Å²) in [6, 6.07) is 11.1. The summed E-state index contributed by atoms with van der Waals surface area (Å²) in [6.45, 7) is 1.70. The molecule has 8 nitrogen and oxygen atoms in total. The first-order valence-electron chi connectivity index (χ1n) is 8.48. The van der Waals surface area contributed by atoms with Gasteiger partial charge in [-0.1, -0.05) is 12.1 Å². The van der Waals surface area contributed by atoms with E-state index >= 15 is 0 Å². The number of para-hydroxylation sites is 2. The fourth-order valence-corrected chi connectivity index (χ4v) is 2.79. The number of fused-ring (bicyclic) bond motifs is 1. The van der Waals surface area contributed by atoms with Crippen LogP contribution in [-0.4, -0.2) is 44.3 Å². The van der Waals surface area contributed by atoms with E-state index in [9.17, 15) is 14.4 Å². The third-order valence-electron chi connectivity index (χ3n) is 4.20. The number of hydrogen-bond acceptors (Lipinski definition) is 7. The molecule has 0 saturated carbocycles. The van der Waals surface area contributed by atoms with Gasteiger partial charge >= 0.3 is 11.9 Å². The first-order chi connectivity index (χ1) is 13.4. The van der Waals surface area contributed by atoms with Gasteiger partial charge in [0.25, 0.3) is 5.91 Å². The van der Waals surface area contributed by atoms with Crippen molar-refractivity contribution in [2.45, 2.75) is 19.1 Å². The average Bonchev–Trinajstić information content (AvgIpc) is 2.71. The van der Waals surface area contributed by atoms with Gasteiger partial charge in [-0.2, -0.15) is 0 Å². The van der Waals surface area contributed by atoms with Gasteiger partial charge in [0.05, 0.1) is 31.0 Å². The molecule has 2 aromatic carbocycles. The molecule has 1 amide bonds. The quantitative estimate of drug-likeness (QED) is 0.807. The third kappa shape index (κ3) is 3.75. The minimum absolute atomic E-state index is 0.0910. The molecular weight excluding hydrogens is 366 g/mol. The Balaban J connectivity index is 1.88. The molecule has 146 valence electrons. The number of anilines is 1. The topological polar surface area (TPSA) is 100 Å². The second kappa shape index (κ2) is 7.99. The highest BCUT2D eigenvalue weighted by atomic mass is 16.6. The SMILES string of the molecule is COC(=O)c1ccc(C(=O)OC)c(NC(=O)C2Oc3ccccc3OC2C)c1. The Hall–Kier alpha value is -3.55. The number of benzene rings is 2. The van der Waals surface area contributed by atoms with Crippen molar-refractivity contribution in [3.8, 4) is 11.5 Å². The highest BCUT2D eigenvalue weighted by Gasteiger charge is 2.34. The molecule has 0 aliphatic carbocycles. The van der Waals surface area contributed by atoms with Crippen LogP contribution in [0.4, 0.5) is 5.69 Å². The van der Waals surface area contributed by atoms with Gasteiger partial charge in [-0.3, -0.25) is 4.79 Å². The summed E-state index contributed by atoms with van der Waals surface area (Å²) in [6.07, 6.45) is -1.53. The van der Waals surface area contributed by atoms with E-state index in [0.717, 1.165) is 0 Å². The summed E-state index contributed by atoms with van der Waals surface area (Å²) < 4.78 is 20.9.